The van der Waals surface area contributed by atoms with E-state index in [1.807, 2.05) is 13.8 Å². The second-order valence-corrected chi connectivity index (χ2v) is 5.46. The van der Waals surface area contributed by atoms with Crippen molar-refractivity contribution < 1.29 is 9.18 Å². The van der Waals surface area contributed by atoms with Crippen molar-refractivity contribution in [2.75, 3.05) is 10.6 Å². The zero-order chi connectivity index (χ0) is 17.1. The number of benzene rings is 1. The van der Waals surface area contributed by atoms with Crippen LogP contribution in [0.4, 0.5) is 20.7 Å². The standard InChI is InChI=1S/C16H17FN6O/c1-11(2)23-15(7-8-18-23)21-16(24)20-12-9-19-22(10-12)14-6-4-3-5-13(14)17/h3-11H,1-2H3,(H2,20,21,24). The van der Waals surface area contributed by atoms with Gasteiger partial charge in [-0.2, -0.15) is 10.2 Å². The normalized spacial score (nSPS) is 10.8. The molecule has 0 saturated heterocycles. The van der Waals surface area contributed by atoms with Crippen LogP contribution in [0.3, 0.4) is 0 Å². The largest absolute Gasteiger partial charge is 0.324 e. The first-order chi connectivity index (χ1) is 11.5. The fourth-order valence-electron chi connectivity index (χ4n) is 2.26. The van der Waals surface area contributed by atoms with E-state index in [0.29, 0.717) is 17.2 Å². The molecule has 8 heteroatoms. The number of amides is 2. The predicted molar refractivity (Wildman–Crippen MR) is 88.8 cm³/mol. The van der Waals surface area contributed by atoms with Gasteiger partial charge in [0.2, 0.25) is 0 Å². The van der Waals surface area contributed by atoms with Crippen LogP contribution in [0.2, 0.25) is 0 Å². The van der Waals surface area contributed by atoms with Gasteiger partial charge in [0.25, 0.3) is 0 Å². The number of aromatic nitrogens is 4. The molecule has 0 unspecified atom stereocenters. The maximum Gasteiger partial charge on any atom is 0.324 e. The van der Waals surface area contributed by atoms with Gasteiger partial charge in [0.1, 0.15) is 17.3 Å². The summed E-state index contributed by atoms with van der Waals surface area (Å²) in [4.78, 5) is 12.1. The summed E-state index contributed by atoms with van der Waals surface area (Å²) in [6.07, 6.45) is 4.61. The lowest BCUT2D eigenvalue weighted by atomic mass is 10.3. The topological polar surface area (TPSA) is 76.8 Å². The molecule has 0 aliphatic carbocycles. The van der Waals surface area contributed by atoms with Gasteiger partial charge < -0.3 is 5.32 Å². The number of hydrogen-bond donors (Lipinski definition) is 2. The molecule has 24 heavy (non-hydrogen) atoms. The Hall–Kier alpha value is -3.16. The van der Waals surface area contributed by atoms with Crippen LogP contribution in [-0.2, 0) is 0 Å². The lowest BCUT2D eigenvalue weighted by Crippen LogP contribution is -2.21. The predicted octanol–water partition coefficient (Wildman–Crippen LogP) is 3.43. The molecule has 124 valence electrons. The monoisotopic (exact) mass is 328 g/mol. The summed E-state index contributed by atoms with van der Waals surface area (Å²) in [5.41, 5.74) is 0.759. The van der Waals surface area contributed by atoms with Gasteiger partial charge in [0.15, 0.2) is 0 Å². The highest BCUT2D eigenvalue weighted by Crippen LogP contribution is 2.16. The quantitative estimate of drug-likeness (QED) is 0.770. The molecule has 2 amide bonds. The SMILES string of the molecule is CC(C)n1nccc1NC(=O)Nc1cnn(-c2ccccc2F)c1. The minimum absolute atomic E-state index is 0.124. The fraction of sp³-hybridized carbons (Fsp3) is 0.188. The molecule has 2 N–H and O–H groups in total. The van der Waals surface area contributed by atoms with E-state index in [9.17, 15) is 9.18 Å². The maximum atomic E-state index is 13.7. The van der Waals surface area contributed by atoms with Crippen LogP contribution in [0.1, 0.15) is 19.9 Å². The molecular weight excluding hydrogens is 311 g/mol. The van der Waals surface area contributed by atoms with E-state index in [-0.39, 0.29) is 6.04 Å². The van der Waals surface area contributed by atoms with Gasteiger partial charge >= 0.3 is 6.03 Å². The van der Waals surface area contributed by atoms with Crippen LogP contribution >= 0.6 is 0 Å². The Morgan fingerprint density at radius 1 is 1.17 bits per heavy atom. The third-order valence-electron chi connectivity index (χ3n) is 3.34. The molecule has 0 atom stereocenters. The molecule has 2 aromatic heterocycles. The number of hydrogen-bond acceptors (Lipinski definition) is 3. The van der Waals surface area contributed by atoms with Crippen molar-refractivity contribution in [1.82, 2.24) is 19.6 Å². The Labute approximate surface area is 138 Å². The van der Waals surface area contributed by atoms with Gasteiger partial charge in [0.05, 0.1) is 24.3 Å². The molecule has 0 saturated carbocycles. The molecule has 7 nitrogen and oxygen atoms in total. The second-order valence-electron chi connectivity index (χ2n) is 5.46. The van der Waals surface area contributed by atoms with E-state index in [1.165, 1.54) is 23.1 Å². The first-order valence-corrected chi connectivity index (χ1v) is 7.45. The molecule has 0 radical (unpaired) electrons. The number of urea groups is 1. The molecule has 0 fully saturated rings. The van der Waals surface area contributed by atoms with Crippen molar-refractivity contribution in [3.05, 3.63) is 54.7 Å². The van der Waals surface area contributed by atoms with Gasteiger partial charge in [-0.3, -0.25) is 5.32 Å². The van der Waals surface area contributed by atoms with Crippen molar-refractivity contribution in [1.29, 1.82) is 0 Å². The highest BCUT2D eigenvalue weighted by molar-refractivity contribution is 5.99. The van der Waals surface area contributed by atoms with Gasteiger partial charge in [0, 0.05) is 12.1 Å². The first kappa shape index (κ1) is 15.7. The summed E-state index contributed by atoms with van der Waals surface area (Å²) >= 11 is 0. The molecule has 0 spiro atoms. The van der Waals surface area contributed by atoms with Crippen LogP contribution in [-0.4, -0.2) is 25.6 Å². The summed E-state index contributed by atoms with van der Waals surface area (Å²) in [6, 6.07) is 7.68. The lowest BCUT2D eigenvalue weighted by molar-refractivity contribution is 0.262. The van der Waals surface area contributed by atoms with Crippen LogP contribution in [0.5, 0.6) is 0 Å². The van der Waals surface area contributed by atoms with Crippen molar-refractivity contribution >= 4 is 17.5 Å². The second kappa shape index (κ2) is 6.53. The van der Waals surface area contributed by atoms with Gasteiger partial charge in [-0.15, -0.1) is 0 Å². The summed E-state index contributed by atoms with van der Waals surface area (Å²) in [5.74, 6) is 0.196. The first-order valence-electron chi connectivity index (χ1n) is 7.45. The number of para-hydroxylation sites is 1. The van der Waals surface area contributed by atoms with E-state index in [4.69, 9.17) is 0 Å². The third kappa shape index (κ3) is 3.27. The number of anilines is 2. The zero-order valence-corrected chi connectivity index (χ0v) is 13.3. The Balaban J connectivity index is 1.70. The third-order valence-corrected chi connectivity index (χ3v) is 3.34. The minimum atomic E-state index is -0.425. The lowest BCUT2D eigenvalue weighted by Gasteiger charge is -2.11. The van der Waals surface area contributed by atoms with E-state index >= 15 is 0 Å². The Morgan fingerprint density at radius 3 is 2.71 bits per heavy atom. The number of halogens is 1. The van der Waals surface area contributed by atoms with Crippen LogP contribution in [0.15, 0.2) is 48.9 Å². The molecule has 0 aliphatic rings. The van der Waals surface area contributed by atoms with Gasteiger partial charge in [-0.1, -0.05) is 12.1 Å². The fourth-order valence-corrected chi connectivity index (χ4v) is 2.26. The highest BCUT2D eigenvalue weighted by atomic mass is 19.1. The molecular formula is C16H17FN6O. The number of rotatable bonds is 4. The van der Waals surface area contributed by atoms with Gasteiger partial charge in [-0.05, 0) is 26.0 Å². The number of nitrogens with one attached hydrogen (secondary N) is 2. The van der Waals surface area contributed by atoms with E-state index < -0.39 is 11.8 Å². The van der Waals surface area contributed by atoms with E-state index in [1.54, 1.807) is 35.1 Å². The summed E-state index contributed by atoms with van der Waals surface area (Å²) in [7, 11) is 0. The summed E-state index contributed by atoms with van der Waals surface area (Å²) in [5, 5.41) is 13.6. The van der Waals surface area contributed by atoms with E-state index in [2.05, 4.69) is 20.8 Å². The smallest absolute Gasteiger partial charge is 0.305 e. The molecule has 3 rings (SSSR count). The van der Waals surface area contributed by atoms with Crippen molar-refractivity contribution in [2.45, 2.75) is 19.9 Å². The highest BCUT2D eigenvalue weighted by Gasteiger charge is 2.11. The molecule has 2 heterocycles. The van der Waals surface area contributed by atoms with Crippen molar-refractivity contribution in [3.63, 3.8) is 0 Å². The molecule has 1 aromatic carbocycles. The Bertz CT molecular complexity index is 854. The van der Waals surface area contributed by atoms with Crippen LogP contribution < -0.4 is 10.6 Å². The van der Waals surface area contributed by atoms with Crippen molar-refractivity contribution in [3.8, 4) is 5.69 Å². The Kier molecular flexibility index (Phi) is 4.28. The van der Waals surface area contributed by atoms with E-state index in [0.717, 1.165) is 0 Å². The van der Waals surface area contributed by atoms with Crippen LogP contribution in [0.25, 0.3) is 5.69 Å². The number of carbonyl (C=O) groups excluding carboxylic acids is 1. The minimum Gasteiger partial charge on any atom is -0.305 e. The maximum absolute atomic E-state index is 13.7. The average Bonchev–Trinajstić information content (AvgIpc) is 3.17. The molecule has 0 aliphatic heterocycles. The zero-order valence-electron chi connectivity index (χ0n) is 13.3. The van der Waals surface area contributed by atoms with Crippen LogP contribution in [0, 0.1) is 5.82 Å². The molecule has 0 bridgehead atoms. The summed E-state index contributed by atoms with van der Waals surface area (Å²) < 4.78 is 16.8. The summed E-state index contributed by atoms with van der Waals surface area (Å²) in [6.45, 7) is 3.93. The molecule has 3 aromatic rings. The average molecular weight is 328 g/mol. The Morgan fingerprint density at radius 2 is 1.96 bits per heavy atom. The number of carbonyl (C=O) groups is 1. The van der Waals surface area contributed by atoms with Crippen molar-refractivity contribution in [2.24, 2.45) is 0 Å². The number of nitrogens with zero attached hydrogens (tertiary/aromatic N) is 4. The van der Waals surface area contributed by atoms with Gasteiger partial charge in [-0.25, -0.2) is 18.5 Å².